The zero-order valence-corrected chi connectivity index (χ0v) is 23.6. The van der Waals surface area contributed by atoms with Gasteiger partial charge in [-0.25, -0.2) is 0 Å². The lowest BCUT2D eigenvalue weighted by molar-refractivity contribution is -0.144. The van der Waals surface area contributed by atoms with Crippen molar-refractivity contribution in [1.29, 1.82) is 0 Å². The second-order valence-corrected chi connectivity index (χ2v) is 12.1. The molecule has 1 saturated carbocycles. The molecule has 10 heteroatoms. The van der Waals surface area contributed by atoms with E-state index in [-0.39, 0.29) is 35.9 Å². The summed E-state index contributed by atoms with van der Waals surface area (Å²) in [5.41, 5.74) is -4.12. The van der Waals surface area contributed by atoms with Crippen molar-refractivity contribution in [3.63, 3.8) is 0 Å². The smallest absolute Gasteiger partial charge is 0.340 e. The SMILES string of the molecule is CC1CCC(C(=O)N2C[C@@H](N(C)C(=O)C(C)(C)c3cc(C(F)(F)F)cc(C(F)(F)F)c3)[C@H](c3ccccc3)C2)CC1. The average Bonchev–Trinajstić information content (AvgIpc) is 3.37. The summed E-state index contributed by atoms with van der Waals surface area (Å²) in [5.74, 6) is -0.378. The van der Waals surface area contributed by atoms with Gasteiger partial charge in [-0.1, -0.05) is 37.3 Å². The van der Waals surface area contributed by atoms with Crippen LogP contribution in [0.15, 0.2) is 48.5 Å². The molecule has 0 radical (unpaired) electrons. The number of likely N-dealkylation sites (N-methyl/N-ethyl adjacent to an activating group) is 1. The third-order valence-electron chi connectivity index (χ3n) is 8.86. The van der Waals surface area contributed by atoms with Gasteiger partial charge in [-0.3, -0.25) is 9.59 Å². The van der Waals surface area contributed by atoms with Crippen LogP contribution in [0.5, 0.6) is 0 Å². The van der Waals surface area contributed by atoms with Gasteiger partial charge in [0, 0.05) is 32.0 Å². The van der Waals surface area contributed by atoms with Crippen LogP contribution >= 0.6 is 0 Å². The summed E-state index contributed by atoms with van der Waals surface area (Å²) < 4.78 is 81.4. The van der Waals surface area contributed by atoms with E-state index in [1.807, 2.05) is 30.3 Å². The van der Waals surface area contributed by atoms with E-state index in [1.165, 1.54) is 25.8 Å². The molecule has 41 heavy (non-hydrogen) atoms. The number of nitrogens with zero attached hydrogens (tertiary/aromatic N) is 2. The molecular formula is C31H36F6N2O2. The summed E-state index contributed by atoms with van der Waals surface area (Å²) in [4.78, 5) is 30.6. The van der Waals surface area contributed by atoms with Crippen LogP contribution in [-0.4, -0.2) is 47.8 Å². The van der Waals surface area contributed by atoms with Crippen LogP contribution in [0.4, 0.5) is 26.3 Å². The fraction of sp³-hybridized carbons (Fsp3) is 0.548. The van der Waals surface area contributed by atoms with Crippen molar-refractivity contribution in [3.8, 4) is 0 Å². The van der Waals surface area contributed by atoms with Crippen molar-refractivity contribution in [2.45, 2.75) is 76.2 Å². The minimum Gasteiger partial charge on any atom is -0.340 e. The molecule has 2 atom stereocenters. The number of rotatable bonds is 5. The first kappa shape index (κ1) is 30.9. The van der Waals surface area contributed by atoms with Gasteiger partial charge in [0.2, 0.25) is 11.8 Å². The molecule has 0 aromatic heterocycles. The Hall–Kier alpha value is -3.04. The van der Waals surface area contributed by atoms with Gasteiger partial charge < -0.3 is 9.80 Å². The second-order valence-electron chi connectivity index (χ2n) is 12.1. The molecule has 2 amide bonds. The van der Waals surface area contributed by atoms with Crippen LogP contribution < -0.4 is 0 Å². The lowest BCUT2D eigenvalue weighted by atomic mass is 9.80. The van der Waals surface area contributed by atoms with E-state index >= 15 is 0 Å². The molecule has 1 saturated heterocycles. The van der Waals surface area contributed by atoms with Gasteiger partial charge in [0.25, 0.3) is 0 Å². The van der Waals surface area contributed by atoms with E-state index in [0.717, 1.165) is 31.2 Å². The standard InChI is InChI=1S/C31H36F6N2O2/c1-19-10-12-21(13-11-19)27(40)39-17-25(20-8-6-5-7-9-20)26(18-39)38(4)28(41)29(2,3)22-14-23(30(32,33)34)16-24(15-22)31(35,36)37/h5-9,14-16,19,21,25-26H,10-13,17-18H2,1-4H3/t19?,21?,25-,26+/m0/s1. The van der Waals surface area contributed by atoms with E-state index in [1.54, 1.807) is 4.90 Å². The van der Waals surface area contributed by atoms with Crippen LogP contribution in [0.1, 0.15) is 74.6 Å². The Labute approximate surface area is 236 Å². The quantitative estimate of drug-likeness (QED) is 0.348. The lowest BCUT2D eigenvalue weighted by Gasteiger charge is -2.36. The number of amides is 2. The first-order valence-electron chi connectivity index (χ1n) is 13.9. The third-order valence-corrected chi connectivity index (χ3v) is 8.86. The topological polar surface area (TPSA) is 40.6 Å². The maximum atomic E-state index is 13.9. The number of halogens is 6. The molecule has 1 aliphatic carbocycles. The molecule has 0 N–H and O–H groups in total. The molecule has 4 nitrogen and oxygen atoms in total. The number of likely N-dealkylation sites (tertiary alicyclic amines) is 1. The van der Waals surface area contributed by atoms with Gasteiger partial charge >= 0.3 is 12.4 Å². The predicted molar refractivity (Wildman–Crippen MR) is 143 cm³/mol. The number of hydrogen-bond donors (Lipinski definition) is 0. The first-order chi connectivity index (χ1) is 19.0. The van der Waals surface area contributed by atoms with E-state index in [4.69, 9.17) is 0 Å². The highest BCUT2D eigenvalue weighted by Gasteiger charge is 2.46. The van der Waals surface area contributed by atoms with Crippen LogP contribution in [-0.2, 0) is 27.4 Å². The van der Waals surface area contributed by atoms with Gasteiger partial charge in [-0.15, -0.1) is 0 Å². The Balaban J connectivity index is 1.66. The van der Waals surface area contributed by atoms with E-state index in [9.17, 15) is 35.9 Å². The molecule has 2 aromatic carbocycles. The molecule has 2 aliphatic rings. The summed E-state index contributed by atoms with van der Waals surface area (Å²) in [6.07, 6.45) is -6.50. The van der Waals surface area contributed by atoms with Crippen molar-refractivity contribution in [2.24, 2.45) is 11.8 Å². The van der Waals surface area contributed by atoms with Crippen molar-refractivity contribution in [1.82, 2.24) is 9.80 Å². The third kappa shape index (κ3) is 6.56. The fourth-order valence-electron chi connectivity index (χ4n) is 6.18. The zero-order chi connectivity index (χ0) is 30.3. The lowest BCUT2D eigenvalue weighted by Crippen LogP contribution is -2.49. The number of carbonyl (C=O) groups is 2. The maximum Gasteiger partial charge on any atom is 0.416 e. The first-order valence-corrected chi connectivity index (χ1v) is 13.9. The van der Waals surface area contributed by atoms with Gasteiger partial charge in [-0.05, 0) is 74.8 Å². The molecule has 0 spiro atoms. The fourth-order valence-corrected chi connectivity index (χ4v) is 6.18. The van der Waals surface area contributed by atoms with Gasteiger partial charge in [0.1, 0.15) is 0 Å². The van der Waals surface area contributed by atoms with Crippen LogP contribution in [0.3, 0.4) is 0 Å². The summed E-state index contributed by atoms with van der Waals surface area (Å²) in [7, 11) is 1.51. The molecule has 4 rings (SSSR count). The largest absolute Gasteiger partial charge is 0.416 e. The number of carbonyl (C=O) groups excluding carboxylic acids is 2. The van der Waals surface area contributed by atoms with Crippen molar-refractivity contribution in [3.05, 3.63) is 70.8 Å². The molecule has 224 valence electrons. The summed E-state index contributed by atoms with van der Waals surface area (Å²) in [6, 6.07) is 10.1. The zero-order valence-electron chi connectivity index (χ0n) is 23.6. The average molecular weight is 583 g/mol. The van der Waals surface area contributed by atoms with E-state index in [0.29, 0.717) is 24.6 Å². The highest BCUT2D eigenvalue weighted by Crippen LogP contribution is 2.41. The number of benzene rings is 2. The predicted octanol–water partition coefficient (Wildman–Crippen LogP) is 7.28. The summed E-state index contributed by atoms with van der Waals surface area (Å²) in [5, 5.41) is 0. The van der Waals surface area contributed by atoms with Crippen LogP contribution in [0, 0.1) is 11.8 Å². The van der Waals surface area contributed by atoms with Crippen LogP contribution in [0.2, 0.25) is 0 Å². The van der Waals surface area contributed by atoms with Crippen molar-refractivity contribution in [2.75, 3.05) is 20.1 Å². The van der Waals surface area contributed by atoms with Crippen molar-refractivity contribution < 1.29 is 35.9 Å². The highest BCUT2D eigenvalue weighted by atomic mass is 19.4. The highest BCUT2D eigenvalue weighted by molar-refractivity contribution is 5.88. The normalized spacial score (nSPS) is 23.9. The second kappa shape index (κ2) is 11.3. The molecular weight excluding hydrogens is 546 g/mol. The summed E-state index contributed by atoms with van der Waals surface area (Å²) in [6.45, 7) is 5.45. The molecule has 1 aliphatic heterocycles. The van der Waals surface area contributed by atoms with Gasteiger partial charge in [0.05, 0.1) is 22.6 Å². The Kier molecular flexibility index (Phi) is 8.54. The monoisotopic (exact) mass is 582 g/mol. The van der Waals surface area contributed by atoms with Crippen molar-refractivity contribution >= 4 is 11.8 Å². The van der Waals surface area contributed by atoms with Crippen LogP contribution in [0.25, 0.3) is 0 Å². The Morgan fingerprint density at radius 2 is 1.32 bits per heavy atom. The molecule has 2 aromatic rings. The molecule has 0 unspecified atom stereocenters. The minimum atomic E-state index is -5.03. The molecule has 1 heterocycles. The van der Waals surface area contributed by atoms with E-state index in [2.05, 4.69) is 6.92 Å². The van der Waals surface area contributed by atoms with Gasteiger partial charge in [0.15, 0.2) is 0 Å². The van der Waals surface area contributed by atoms with E-state index < -0.39 is 40.8 Å². The summed E-state index contributed by atoms with van der Waals surface area (Å²) >= 11 is 0. The van der Waals surface area contributed by atoms with Gasteiger partial charge in [-0.2, -0.15) is 26.3 Å². The number of hydrogen-bond acceptors (Lipinski definition) is 2. The molecule has 0 bridgehead atoms. The Morgan fingerprint density at radius 1 is 0.805 bits per heavy atom. The maximum absolute atomic E-state index is 13.9. The Bertz CT molecular complexity index is 1220. The number of alkyl halides is 6. The minimum absolute atomic E-state index is 0.0353. The molecule has 2 fully saturated rings. The Morgan fingerprint density at radius 3 is 1.83 bits per heavy atom.